The van der Waals surface area contributed by atoms with Crippen molar-refractivity contribution in [1.82, 2.24) is 20.7 Å². The number of amidine groups is 1. The summed E-state index contributed by atoms with van der Waals surface area (Å²) in [5, 5.41) is 16.8. The van der Waals surface area contributed by atoms with Crippen molar-refractivity contribution in [2.24, 2.45) is 10.7 Å². The van der Waals surface area contributed by atoms with Gasteiger partial charge in [-0.05, 0) is 40.0 Å². The zero-order chi connectivity index (χ0) is 18.3. The molecule has 2 heterocycles. The van der Waals surface area contributed by atoms with Gasteiger partial charge in [0.2, 0.25) is 5.69 Å². The minimum Gasteiger partial charge on any atom is -0.467 e. The number of amides is 2. The number of fused-ring (bicyclic) bond motifs is 1. The van der Waals surface area contributed by atoms with E-state index in [0.717, 1.165) is 11.1 Å². The Labute approximate surface area is 146 Å². The largest absolute Gasteiger partial charge is 0.467 e. The zero-order valence-corrected chi connectivity index (χ0v) is 13.4. The number of urea groups is 1. The van der Waals surface area contributed by atoms with Gasteiger partial charge >= 0.3 is 6.03 Å². The maximum Gasteiger partial charge on any atom is 0.315 e. The fourth-order valence-corrected chi connectivity index (χ4v) is 2.92. The quantitative estimate of drug-likeness (QED) is 0.406. The van der Waals surface area contributed by atoms with Gasteiger partial charge in [0, 0.05) is 0 Å². The van der Waals surface area contributed by atoms with Crippen LogP contribution in [-0.2, 0) is 6.42 Å². The Morgan fingerprint density at radius 2 is 2.27 bits per heavy atom. The van der Waals surface area contributed by atoms with Crippen LogP contribution in [0.25, 0.3) is 0 Å². The summed E-state index contributed by atoms with van der Waals surface area (Å²) < 4.78 is 23.7. The number of hydroxylamine groups is 1. The molecule has 1 aliphatic carbocycles. The standard InChI is InChI=1S/C15H15FN6O4/c16-8-2-1-7-3-11(10(7)4-8)18-13(19-24)12-14(21-26-20-12)25-9-5-22(6-9)15(17)23/h1-2,4,9,11,24H,3,5-6H2,(H2,17,23)(H,18,19). The number of aromatic nitrogens is 2. The van der Waals surface area contributed by atoms with Crippen LogP contribution in [0.1, 0.15) is 22.9 Å². The molecule has 1 atom stereocenters. The highest BCUT2D eigenvalue weighted by atomic mass is 19.1. The van der Waals surface area contributed by atoms with E-state index in [0.29, 0.717) is 19.5 Å². The Morgan fingerprint density at radius 1 is 1.46 bits per heavy atom. The van der Waals surface area contributed by atoms with Gasteiger partial charge < -0.3 is 15.4 Å². The molecule has 11 heteroatoms. The Kier molecular flexibility index (Phi) is 3.92. The van der Waals surface area contributed by atoms with E-state index >= 15 is 0 Å². The SMILES string of the molecule is NC(=O)N1CC(Oc2nonc2C(=NC2Cc3ccc(F)cc32)NO)C1. The topological polar surface area (TPSA) is 139 Å². The molecule has 2 amide bonds. The molecule has 2 aliphatic rings. The highest BCUT2D eigenvalue weighted by Gasteiger charge is 2.34. The molecule has 1 aromatic carbocycles. The molecule has 26 heavy (non-hydrogen) atoms. The van der Waals surface area contributed by atoms with Crippen molar-refractivity contribution < 1.29 is 23.8 Å². The van der Waals surface area contributed by atoms with E-state index < -0.39 is 6.03 Å². The molecule has 0 saturated carbocycles. The van der Waals surface area contributed by atoms with Crippen LogP contribution in [0.5, 0.6) is 5.88 Å². The van der Waals surface area contributed by atoms with Gasteiger partial charge in [0.25, 0.3) is 5.88 Å². The van der Waals surface area contributed by atoms with Crippen molar-refractivity contribution in [1.29, 1.82) is 0 Å². The predicted octanol–water partition coefficient (Wildman–Crippen LogP) is 0.373. The van der Waals surface area contributed by atoms with E-state index in [1.165, 1.54) is 17.0 Å². The average molecular weight is 362 g/mol. The fourth-order valence-electron chi connectivity index (χ4n) is 2.92. The lowest BCUT2D eigenvalue weighted by atomic mass is 9.83. The molecule has 4 N–H and O–H groups in total. The predicted molar refractivity (Wildman–Crippen MR) is 84.2 cm³/mol. The number of carbonyl (C=O) groups is 1. The molecular weight excluding hydrogens is 347 g/mol. The minimum atomic E-state index is -0.529. The number of primary amides is 1. The van der Waals surface area contributed by atoms with Crippen molar-refractivity contribution in [3.8, 4) is 5.88 Å². The number of carbonyl (C=O) groups excluding carboxylic acids is 1. The lowest BCUT2D eigenvalue weighted by molar-refractivity contribution is 0.0417. The van der Waals surface area contributed by atoms with Gasteiger partial charge in [-0.1, -0.05) is 6.07 Å². The first-order chi connectivity index (χ1) is 12.5. The number of halogens is 1. The number of ether oxygens (including phenoxy) is 1. The van der Waals surface area contributed by atoms with Crippen LogP contribution < -0.4 is 16.0 Å². The number of likely N-dealkylation sites (tertiary alicyclic amines) is 1. The molecule has 136 valence electrons. The second kappa shape index (κ2) is 6.26. The van der Waals surface area contributed by atoms with E-state index in [1.807, 2.05) is 5.48 Å². The van der Waals surface area contributed by atoms with Crippen LogP contribution >= 0.6 is 0 Å². The number of hydrogen-bond acceptors (Lipinski definition) is 7. The van der Waals surface area contributed by atoms with E-state index in [4.69, 9.17) is 10.5 Å². The molecule has 1 fully saturated rings. The molecule has 0 bridgehead atoms. The zero-order valence-electron chi connectivity index (χ0n) is 13.4. The Hall–Kier alpha value is -3.21. The summed E-state index contributed by atoms with van der Waals surface area (Å²) in [7, 11) is 0. The third-order valence-electron chi connectivity index (χ3n) is 4.39. The summed E-state index contributed by atoms with van der Waals surface area (Å²) in [5.41, 5.74) is 8.93. The number of nitrogens with zero attached hydrogens (tertiary/aromatic N) is 4. The Morgan fingerprint density at radius 3 is 3.00 bits per heavy atom. The van der Waals surface area contributed by atoms with Crippen LogP contribution in [0, 0.1) is 5.82 Å². The second-order valence-electron chi connectivity index (χ2n) is 6.05. The molecule has 1 aliphatic heterocycles. The molecule has 0 radical (unpaired) electrons. The molecular formula is C15H15FN6O4. The van der Waals surface area contributed by atoms with Crippen molar-refractivity contribution in [2.75, 3.05) is 13.1 Å². The van der Waals surface area contributed by atoms with Crippen molar-refractivity contribution in [2.45, 2.75) is 18.6 Å². The average Bonchev–Trinajstić information content (AvgIpc) is 3.01. The van der Waals surface area contributed by atoms with Gasteiger partial charge in [0.15, 0.2) is 5.84 Å². The van der Waals surface area contributed by atoms with Crippen LogP contribution in [0.2, 0.25) is 0 Å². The summed E-state index contributed by atoms with van der Waals surface area (Å²) in [6.07, 6.45) is 0.296. The molecule has 2 aromatic rings. The van der Waals surface area contributed by atoms with Crippen LogP contribution in [-0.4, -0.2) is 51.5 Å². The van der Waals surface area contributed by atoms with E-state index in [-0.39, 0.29) is 35.4 Å². The normalized spacial score (nSPS) is 19.4. The molecule has 10 nitrogen and oxygen atoms in total. The maximum absolute atomic E-state index is 13.4. The third kappa shape index (κ3) is 2.81. The number of hydrogen-bond donors (Lipinski definition) is 3. The lowest BCUT2D eigenvalue weighted by Gasteiger charge is -2.36. The number of nitrogens with two attached hydrogens (primary N) is 1. The van der Waals surface area contributed by atoms with Gasteiger partial charge in [0.1, 0.15) is 11.9 Å². The molecule has 1 aromatic heterocycles. The van der Waals surface area contributed by atoms with Crippen LogP contribution in [0.15, 0.2) is 27.8 Å². The molecule has 1 saturated heterocycles. The fraction of sp³-hybridized carbons (Fsp3) is 0.333. The summed E-state index contributed by atoms with van der Waals surface area (Å²) in [4.78, 5) is 16.7. The van der Waals surface area contributed by atoms with Gasteiger partial charge in [-0.3, -0.25) is 15.7 Å². The van der Waals surface area contributed by atoms with Gasteiger partial charge in [-0.2, -0.15) is 0 Å². The van der Waals surface area contributed by atoms with Gasteiger partial charge in [-0.25, -0.2) is 13.8 Å². The lowest BCUT2D eigenvalue weighted by Crippen LogP contribution is -2.57. The number of aliphatic imine (C=N–C) groups is 1. The Bertz CT molecular complexity index is 879. The van der Waals surface area contributed by atoms with Crippen molar-refractivity contribution in [3.05, 3.63) is 40.8 Å². The molecule has 0 spiro atoms. The van der Waals surface area contributed by atoms with Gasteiger partial charge in [-0.15, -0.1) is 0 Å². The molecule has 1 unspecified atom stereocenters. The van der Waals surface area contributed by atoms with E-state index in [9.17, 15) is 14.4 Å². The summed E-state index contributed by atoms with van der Waals surface area (Å²) in [6.45, 7) is 0.631. The monoisotopic (exact) mass is 362 g/mol. The van der Waals surface area contributed by atoms with Crippen LogP contribution in [0.4, 0.5) is 9.18 Å². The third-order valence-corrected chi connectivity index (χ3v) is 4.39. The first-order valence-corrected chi connectivity index (χ1v) is 7.85. The summed E-state index contributed by atoms with van der Waals surface area (Å²) in [5.74, 6) is -0.330. The van der Waals surface area contributed by atoms with Crippen molar-refractivity contribution >= 4 is 11.9 Å². The summed E-state index contributed by atoms with van der Waals surface area (Å²) >= 11 is 0. The van der Waals surface area contributed by atoms with E-state index in [2.05, 4.69) is 19.9 Å². The molecule has 4 rings (SSSR count). The second-order valence-corrected chi connectivity index (χ2v) is 6.05. The van der Waals surface area contributed by atoms with E-state index in [1.54, 1.807) is 6.07 Å². The Balaban J connectivity index is 1.50. The van der Waals surface area contributed by atoms with Gasteiger partial charge in [0.05, 0.1) is 19.1 Å². The first-order valence-electron chi connectivity index (χ1n) is 7.85. The van der Waals surface area contributed by atoms with Crippen LogP contribution in [0.3, 0.4) is 0 Å². The summed E-state index contributed by atoms with van der Waals surface area (Å²) in [6, 6.07) is 3.65. The minimum absolute atomic E-state index is 0.00718. The number of rotatable bonds is 4. The highest BCUT2D eigenvalue weighted by Crippen LogP contribution is 2.37. The highest BCUT2D eigenvalue weighted by molar-refractivity contribution is 5.98. The number of benzene rings is 1. The van der Waals surface area contributed by atoms with Crippen molar-refractivity contribution in [3.63, 3.8) is 0 Å². The maximum atomic E-state index is 13.4. The number of nitrogens with one attached hydrogen (secondary N) is 1. The first kappa shape index (κ1) is 16.3. The smallest absolute Gasteiger partial charge is 0.315 e.